The van der Waals surface area contributed by atoms with Gasteiger partial charge in [0, 0.05) is 25.0 Å². The van der Waals surface area contributed by atoms with Crippen LogP contribution in [0.2, 0.25) is 0 Å². The van der Waals surface area contributed by atoms with Crippen LogP contribution in [0.5, 0.6) is 0 Å². The Balaban J connectivity index is 2.27. The van der Waals surface area contributed by atoms with Crippen LogP contribution in [0.3, 0.4) is 0 Å². The van der Waals surface area contributed by atoms with Gasteiger partial charge in [0.25, 0.3) is 0 Å². The van der Waals surface area contributed by atoms with Gasteiger partial charge in [0.2, 0.25) is 0 Å². The standard InChI is InChI=1S/C15H29F3N2/c1-12(2)19-10-14-7-5-9-20(11-14)13(3)6-4-8-15(16,17)18/h12-14,19H,4-11H2,1-3H3. The van der Waals surface area contributed by atoms with Gasteiger partial charge in [0.15, 0.2) is 0 Å². The van der Waals surface area contributed by atoms with Gasteiger partial charge in [0.05, 0.1) is 0 Å². The van der Waals surface area contributed by atoms with E-state index in [1.54, 1.807) is 0 Å². The Bertz CT molecular complexity index is 266. The first-order valence-corrected chi connectivity index (χ1v) is 7.82. The molecule has 0 aromatic carbocycles. The number of halogens is 3. The molecule has 5 heteroatoms. The van der Waals surface area contributed by atoms with Gasteiger partial charge in [-0.2, -0.15) is 13.2 Å². The third-order valence-corrected chi connectivity index (χ3v) is 4.07. The number of rotatable bonds is 7. The third-order valence-electron chi connectivity index (χ3n) is 4.07. The Morgan fingerprint density at radius 2 is 1.95 bits per heavy atom. The fourth-order valence-corrected chi connectivity index (χ4v) is 2.85. The highest BCUT2D eigenvalue weighted by Crippen LogP contribution is 2.25. The van der Waals surface area contributed by atoms with Crippen LogP contribution in [0.1, 0.15) is 52.9 Å². The summed E-state index contributed by atoms with van der Waals surface area (Å²) in [6, 6.07) is 0.758. The summed E-state index contributed by atoms with van der Waals surface area (Å²) in [6.45, 7) is 9.41. The Morgan fingerprint density at radius 3 is 2.55 bits per heavy atom. The van der Waals surface area contributed by atoms with Gasteiger partial charge in [0.1, 0.15) is 0 Å². The zero-order valence-electron chi connectivity index (χ0n) is 13.0. The van der Waals surface area contributed by atoms with Crippen molar-refractivity contribution in [2.45, 2.75) is 71.1 Å². The van der Waals surface area contributed by atoms with Crippen molar-refractivity contribution in [3.05, 3.63) is 0 Å². The average molecular weight is 294 g/mol. The molecule has 1 aliphatic heterocycles. The number of alkyl halides is 3. The largest absolute Gasteiger partial charge is 0.389 e. The van der Waals surface area contributed by atoms with Crippen molar-refractivity contribution in [3.8, 4) is 0 Å². The summed E-state index contributed by atoms with van der Waals surface area (Å²) in [5.74, 6) is 0.635. The molecule has 0 spiro atoms. The summed E-state index contributed by atoms with van der Waals surface area (Å²) in [4.78, 5) is 2.37. The van der Waals surface area contributed by atoms with Gasteiger partial charge in [-0.05, 0) is 51.6 Å². The van der Waals surface area contributed by atoms with E-state index in [0.29, 0.717) is 18.4 Å². The molecule has 0 bridgehead atoms. The highest BCUT2D eigenvalue weighted by molar-refractivity contribution is 4.79. The number of nitrogens with zero attached hydrogens (tertiary/aromatic N) is 1. The van der Waals surface area contributed by atoms with Crippen molar-refractivity contribution in [2.75, 3.05) is 19.6 Å². The van der Waals surface area contributed by atoms with Crippen LogP contribution in [0.25, 0.3) is 0 Å². The molecule has 0 radical (unpaired) electrons. The maximum absolute atomic E-state index is 12.2. The molecule has 1 aliphatic rings. The summed E-state index contributed by atoms with van der Waals surface area (Å²) in [7, 11) is 0. The molecule has 0 saturated carbocycles. The van der Waals surface area contributed by atoms with Gasteiger partial charge in [-0.25, -0.2) is 0 Å². The minimum Gasteiger partial charge on any atom is -0.314 e. The SMILES string of the molecule is CC(C)NCC1CCCN(C(C)CCCC(F)(F)F)C1. The number of likely N-dealkylation sites (tertiary alicyclic amines) is 1. The molecule has 120 valence electrons. The fraction of sp³-hybridized carbons (Fsp3) is 1.00. The molecule has 0 aromatic rings. The topological polar surface area (TPSA) is 15.3 Å². The average Bonchev–Trinajstić information content (AvgIpc) is 2.35. The van der Waals surface area contributed by atoms with E-state index in [4.69, 9.17) is 0 Å². The molecule has 1 heterocycles. The highest BCUT2D eigenvalue weighted by atomic mass is 19.4. The van der Waals surface area contributed by atoms with Crippen LogP contribution in [-0.4, -0.2) is 42.8 Å². The molecule has 2 nitrogen and oxygen atoms in total. The normalized spacial score (nSPS) is 23.2. The zero-order valence-corrected chi connectivity index (χ0v) is 13.0. The molecule has 20 heavy (non-hydrogen) atoms. The molecule has 0 aromatic heterocycles. The molecule has 0 amide bonds. The molecule has 1 N–H and O–H groups in total. The van der Waals surface area contributed by atoms with Gasteiger partial charge in [-0.1, -0.05) is 13.8 Å². The summed E-state index contributed by atoms with van der Waals surface area (Å²) in [5.41, 5.74) is 0. The molecular formula is C15H29F3N2. The molecule has 1 saturated heterocycles. The quantitative estimate of drug-likeness (QED) is 0.768. The number of nitrogens with one attached hydrogen (secondary N) is 1. The molecule has 2 unspecified atom stereocenters. The van der Waals surface area contributed by atoms with Crippen molar-refractivity contribution in [3.63, 3.8) is 0 Å². The maximum atomic E-state index is 12.2. The van der Waals surface area contributed by atoms with E-state index < -0.39 is 12.6 Å². The third kappa shape index (κ3) is 7.48. The van der Waals surface area contributed by atoms with Crippen LogP contribution < -0.4 is 5.32 Å². The first-order chi connectivity index (χ1) is 9.28. The Labute approximate surface area is 121 Å². The van der Waals surface area contributed by atoms with Crippen molar-refractivity contribution < 1.29 is 13.2 Å². The first kappa shape index (κ1) is 17.8. The van der Waals surface area contributed by atoms with Crippen LogP contribution in [0, 0.1) is 5.92 Å². The van der Waals surface area contributed by atoms with Crippen LogP contribution in [0.4, 0.5) is 13.2 Å². The fourth-order valence-electron chi connectivity index (χ4n) is 2.85. The Morgan fingerprint density at radius 1 is 1.25 bits per heavy atom. The van der Waals surface area contributed by atoms with Crippen LogP contribution >= 0.6 is 0 Å². The van der Waals surface area contributed by atoms with Gasteiger partial charge < -0.3 is 10.2 Å². The number of hydrogen-bond donors (Lipinski definition) is 1. The lowest BCUT2D eigenvalue weighted by Crippen LogP contribution is -2.44. The van der Waals surface area contributed by atoms with E-state index in [2.05, 4.69) is 31.0 Å². The van der Waals surface area contributed by atoms with E-state index in [-0.39, 0.29) is 12.5 Å². The van der Waals surface area contributed by atoms with E-state index >= 15 is 0 Å². The Hall–Kier alpha value is -0.290. The summed E-state index contributed by atoms with van der Waals surface area (Å²) >= 11 is 0. The minimum absolute atomic E-state index is 0.246. The van der Waals surface area contributed by atoms with Crippen molar-refractivity contribution >= 4 is 0 Å². The van der Waals surface area contributed by atoms with Crippen molar-refractivity contribution in [1.82, 2.24) is 10.2 Å². The maximum Gasteiger partial charge on any atom is 0.389 e. The van der Waals surface area contributed by atoms with E-state index in [9.17, 15) is 13.2 Å². The second-order valence-electron chi connectivity index (χ2n) is 6.42. The smallest absolute Gasteiger partial charge is 0.314 e. The predicted octanol–water partition coefficient (Wildman–Crippen LogP) is 3.82. The van der Waals surface area contributed by atoms with Gasteiger partial charge >= 0.3 is 6.18 Å². The van der Waals surface area contributed by atoms with E-state index in [0.717, 1.165) is 26.1 Å². The number of piperidine rings is 1. The summed E-state index contributed by atoms with van der Waals surface area (Å²) < 4.78 is 36.5. The second kappa shape index (κ2) is 8.23. The lowest BCUT2D eigenvalue weighted by atomic mass is 9.95. The lowest BCUT2D eigenvalue weighted by molar-refractivity contribution is -0.136. The summed E-state index contributed by atoms with van der Waals surface area (Å²) in [6.07, 6.45) is -1.38. The second-order valence-corrected chi connectivity index (χ2v) is 6.42. The molecule has 2 atom stereocenters. The molecule has 1 rings (SSSR count). The zero-order chi connectivity index (χ0) is 15.2. The summed E-state index contributed by atoms with van der Waals surface area (Å²) in [5, 5.41) is 3.46. The molecule has 0 aliphatic carbocycles. The highest BCUT2D eigenvalue weighted by Gasteiger charge is 2.28. The first-order valence-electron chi connectivity index (χ1n) is 7.82. The van der Waals surface area contributed by atoms with Crippen molar-refractivity contribution in [2.24, 2.45) is 5.92 Å². The minimum atomic E-state index is -4.01. The van der Waals surface area contributed by atoms with Gasteiger partial charge in [-0.15, -0.1) is 0 Å². The van der Waals surface area contributed by atoms with E-state index in [1.165, 1.54) is 6.42 Å². The molecular weight excluding hydrogens is 265 g/mol. The van der Waals surface area contributed by atoms with Crippen molar-refractivity contribution in [1.29, 1.82) is 0 Å². The predicted molar refractivity (Wildman–Crippen MR) is 76.8 cm³/mol. The molecule has 1 fully saturated rings. The number of hydrogen-bond acceptors (Lipinski definition) is 2. The van der Waals surface area contributed by atoms with E-state index in [1.807, 2.05) is 0 Å². The monoisotopic (exact) mass is 294 g/mol. The Kier molecular flexibility index (Phi) is 7.30. The lowest BCUT2D eigenvalue weighted by Gasteiger charge is -2.37. The van der Waals surface area contributed by atoms with Crippen LogP contribution in [-0.2, 0) is 0 Å². The van der Waals surface area contributed by atoms with Gasteiger partial charge in [-0.3, -0.25) is 0 Å². The van der Waals surface area contributed by atoms with Crippen LogP contribution in [0.15, 0.2) is 0 Å².